The lowest BCUT2D eigenvalue weighted by atomic mass is 10.1. The van der Waals surface area contributed by atoms with Crippen LogP contribution in [0.4, 0.5) is 0 Å². The smallest absolute Gasteiger partial charge is 0.274 e. The van der Waals surface area contributed by atoms with Crippen molar-refractivity contribution >= 4 is 16.8 Å². The number of hydrogen-bond donors (Lipinski definition) is 1. The minimum Gasteiger partial charge on any atom is -0.328 e. The molecule has 6 heteroatoms. The van der Waals surface area contributed by atoms with Crippen molar-refractivity contribution in [1.82, 2.24) is 19.9 Å². The second kappa shape index (κ2) is 8.29. The molecule has 0 radical (unpaired) electrons. The van der Waals surface area contributed by atoms with Crippen molar-refractivity contribution in [2.24, 2.45) is 0 Å². The Balaban J connectivity index is 1.71. The topological polar surface area (TPSA) is 79.0 Å². The van der Waals surface area contributed by atoms with Crippen molar-refractivity contribution in [1.29, 1.82) is 0 Å². The fourth-order valence-electron chi connectivity index (χ4n) is 3.38. The quantitative estimate of drug-likeness (QED) is 0.555. The van der Waals surface area contributed by atoms with Gasteiger partial charge in [-0.3, -0.25) is 14.6 Å². The van der Waals surface area contributed by atoms with Crippen molar-refractivity contribution in [3.63, 3.8) is 0 Å². The van der Waals surface area contributed by atoms with Crippen LogP contribution in [0.25, 0.3) is 10.9 Å². The molecule has 0 aliphatic carbocycles. The highest BCUT2D eigenvalue weighted by Crippen LogP contribution is 2.16. The molecule has 0 saturated heterocycles. The lowest BCUT2D eigenvalue weighted by molar-refractivity contribution is 0.0723. The Labute approximate surface area is 174 Å². The molecular weight excluding hydrogens is 376 g/mol. The van der Waals surface area contributed by atoms with E-state index in [4.69, 9.17) is 0 Å². The number of fused-ring (bicyclic) bond motifs is 1. The van der Waals surface area contributed by atoms with Crippen molar-refractivity contribution in [2.45, 2.75) is 26.9 Å². The molecule has 0 aliphatic heterocycles. The van der Waals surface area contributed by atoms with E-state index in [0.29, 0.717) is 12.1 Å². The van der Waals surface area contributed by atoms with Gasteiger partial charge in [0, 0.05) is 30.0 Å². The second-order valence-electron chi connectivity index (χ2n) is 7.45. The van der Waals surface area contributed by atoms with E-state index in [-0.39, 0.29) is 23.7 Å². The van der Waals surface area contributed by atoms with Crippen LogP contribution >= 0.6 is 0 Å². The van der Waals surface area contributed by atoms with Gasteiger partial charge in [-0.2, -0.15) is 0 Å². The molecule has 0 aliphatic rings. The Morgan fingerprint density at radius 3 is 2.47 bits per heavy atom. The second-order valence-corrected chi connectivity index (χ2v) is 7.45. The molecule has 1 N–H and O–H groups in total. The molecule has 1 amide bonds. The van der Waals surface area contributed by atoms with Crippen molar-refractivity contribution in [2.75, 3.05) is 0 Å². The summed E-state index contributed by atoms with van der Waals surface area (Å²) in [6.07, 6.45) is 4.46. The third-order valence-electron chi connectivity index (χ3n) is 5.00. The van der Waals surface area contributed by atoms with Crippen LogP contribution in [0.15, 0.2) is 71.9 Å². The summed E-state index contributed by atoms with van der Waals surface area (Å²) in [4.78, 5) is 38.5. The van der Waals surface area contributed by atoms with E-state index in [2.05, 4.69) is 15.0 Å². The maximum atomic E-state index is 13.2. The van der Waals surface area contributed by atoms with Crippen LogP contribution in [-0.2, 0) is 13.1 Å². The van der Waals surface area contributed by atoms with E-state index >= 15 is 0 Å². The number of carbonyl (C=O) groups is 1. The molecule has 0 bridgehead atoms. The summed E-state index contributed by atoms with van der Waals surface area (Å²) in [6.45, 7) is 4.55. The maximum absolute atomic E-state index is 13.2. The molecule has 4 rings (SSSR count). The van der Waals surface area contributed by atoms with Crippen molar-refractivity contribution in [3.05, 3.63) is 105 Å². The third kappa shape index (κ3) is 4.27. The van der Waals surface area contributed by atoms with Gasteiger partial charge in [0.2, 0.25) is 0 Å². The Morgan fingerprint density at radius 1 is 0.967 bits per heavy atom. The first-order valence-electron chi connectivity index (χ1n) is 9.73. The van der Waals surface area contributed by atoms with E-state index in [1.807, 2.05) is 62.4 Å². The van der Waals surface area contributed by atoms with Crippen LogP contribution in [0.5, 0.6) is 0 Å². The number of carbonyl (C=O) groups excluding carboxylic acids is 1. The number of nitrogens with one attached hydrogen (secondary N) is 1. The summed E-state index contributed by atoms with van der Waals surface area (Å²) in [5.41, 5.74) is 4.58. The molecule has 0 atom stereocenters. The van der Waals surface area contributed by atoms with Crippen LogP contribution in [0, 0.1) is 13.8 Å². The monoisotopic (exact) mass is 398 g/mol. The molecule has 2 heterocycles. The van der Waals surface area contributed by atoms with E-state index in [1.54, 1.807) is 4.90 Å². The highest BCUT2D eigenvalue weighted by molar-refractivity contribution is 5.92. The Hall–Kier alpha value is -3.80. The minimum atomic E-state index is -0.271. The first-order valence-corrected chi connectivity index (χ1v) is 9.73. The number of aromatic nitrogens is 3. The fraction of sp³-hybridized carbons (Fsp3) is 0.167. The summed E-state index contributed by atoms with van der Waals surface area (Å²) in [5, 5.41) is 0.937. The van der Waals surface area contributed by atoms with Gasteiger partial charge in [-0.1, -0.05) is 41.5 Å². The summed E-state index contributed by atoms with van der Waals surface area (Å²) >= 11 is 0. The highest BCUT2D eigenvalue weighted by atomic mass is 16.2. The van der Waals surface area contributed by atoms with Crippen LogP contribution in [0.1, 0.15) is 32.7 Å². The lowest BCUT2D eigenvalue weighted by Crippen LogP contribution is -2.33. The molecule has 2 aromatic heterocycles. The van der Waals surface area contributed by atoms with E-state index < -0.39 is 0 Å². The first kappa shape index (κ1) is 19.5. The Kier molecular flexibility index (Phi) is 5.39. The van der Waals surface area contributed by atoms with Crippen LogP contribution in [-0.4, -0.2) is 25.8 Å². The third-order valence-corrected chi connectivity index (χ3v) is 5.00. The fourth-order valence-corrected chi connectivity index (χ4v) is 3.38. The van der Waals surface area contributed by atoms with Crippen LogP contribution in [0.2, 0.25) is 0 Å². The zero-order valence-corrected chi connectivity index (χ0v) is 16.9. The number of hydrogen-bond acceptors (Lipinski definition) is 4. The Bertz CT molecular complexity index is 1250. The molecule has 6 nitrogen and oxygen atoms in total. The van der Waals surface area contributed by atoms with Gasteiger partial charge in [-0.05, 0) is 43.0 Å². The van der Waals surface area contributed by atoms with Crippen LogP contribution in [0.3, 0.4) is 0 Å². The zero-order chi connectivity index (χ0) is 21.1. The van der Waals surface area contributed by atoms with Gasteiger partial charge in [0.15, 0.2) is 0 Å². The molecule has 0 fully saturated rings. The maximum Gasteiger partial charge on any atom is 0.274 e. The number of aromatic amines is 1. The predicted molar refractivity (Wildman–Crippen MR) is 116 cm³/mol. The molecular formula is C24H22N4O2. The van der Waals surface area contributed by atoms with Gasteiger partial charge in [-0.25, -0.2) is 4.98 Å². The lowest BCUT2D eigenvalue weighted by Gasteiger charge is -2.22. The van der Waals surface area contributed by atoms with Crippen LogP contribution < -0.4 is 5.56 Å². The molecule has 30 heavy (non-hydrogen) atoms. The molecule has 2 aromatic carbocycles. The largest absolute Gasteiger partial charge is 0.328 e. The summed E-state index contributed by atoms with van der Waals surface area (Å²) in [6, 6.07) is 15.7. The molecule has 0 spiro atoms. The number of benzene rings is 2. The minimum absolute atomic E-state index is 0.169. The van der Waals surface area contributed by atoms with Crippen molar-refractivity contribution in [3.8, 4) is 0 Å². The van der Waals surface area contributed by atoms with Gasteiger partial charge in [0.1, 0.15) is 5.69 Å². The predicted octanol–water partition coefficient (Wildman–Crippen LogP) is 3.78. The normalized spacial score (nSPS) is 10.9. The van der Waals surface area contributed by atoms with E-state index in [9.17, 15) is 9.59 Å². The summed E-state index contributed by atoms with van der Waals surface area (Å²) in [5.74, 6) is -0.271. The average molecular weight is 398 g/mol. The number of pyridine rings is 1. The number of H-pyrrole nitrogens is 1. The van der Waals surface area contributed by atoms with Gasteiger partial charge < -0.3 is 9.88 Å². The first-order chi connectivity index (χ1) is 14.5. The summed E-state index contributed by atoms with van der Waals surface area (Å²) < 4.78 is 0. The van der Waals surface area contributed by atoms with Gasteiger partial charge in [0.25, 0.3) is 11.5 Å². The Morgan fingerprint density at radius 2 is 1.73 bits per heavy atom. The summed E-state index contributed by atoms with van der Waals surface area (Å²) in [7, 11) is 0. The standard InChI is InChI=1S/C24H22N4O2/c1-16-3-6-18(7-4-16)14-28(24(30)22-13-25-9-10-26-22)15-20-12-19-11-17(2)5-8-21(19)27-23(20)29/h3-13H,14-15H2,1-2H3,(H,27,29). The average Bonchev–Trinajstić information content (AvgIpc) is 2.75. The SMILES string of the molecule is Cc1ccc(CN(Cc2cc3cc(C)ccc3[nH]c2=O)C(=O)c2cnccn2)cc1. The van der Waals surface area contributed by atoms with Gasteiger partial charge in [-0.15, -0.1) is 0 Å². The number of aryl methyl sites for hydroxylation is 2. The van der Waals surface area contributed by atoms with Gasteiger partial charge >= 0.3 is 0 Å². The number of amides is 1. The zero-order valence-electron chi connectivity index (χ0n) is 16.9. The molecule has 0 unspecified atom stereocenters. The number of rotatable bonds is 5. The highest BCUT2D eigenvalue weighted by Gasteiger charge is 2.20. The van der Waals surface area contributed by atoms with Gasteiger partial charge in [0.05, 0.1) is 12.7 Å². The molecule has 0 saturated carbocycles. The van der Waals surface area contributed by atoms with E-state index in [1.165, 1.54) is 18.6 Å². The number of nitrogens with zero attached hydrogens (tertiary/aromatic N) is 3. The molecule has 4 aromatic rings. The van der Waals surface area contributed by atoms with E-state index in [0.717, 1.165) is 27.6 Å². The molecule has 150 valence electrons. The van der Waals surface area contributed by atoms with Crippen molar-refractivity contribution < 1.29 is 4.79 Å².